The summed E-state index contributed by atoms with van der Waals surface area (Å²) in [5.41, 5.74) is 0.440. The van der Waals surface area contributed by atoms with Crippen LogP contribution in [0.1, 0.15) is 13.3 Å². The monoisotopic (exact) mass is 433 g/mol. The number of thiophene rings is 1. The number of carbonyl (C=O) groups excluding carboxylic acids is 1. The molecule has 0 spiro atoms. The van der Waals surface area contributed by atoms with Crippen LogP contribution in [0.15, 0.2) is 47.8 Å². The molecule has 28 heavy (non-hydrogen) atoms. The van der Waals surface area contributed by atoms with Gasteiger partial charge in [0.05, 0.1) is 22.8 Å². The molecule has 1 fully saturated rings. The minimum atomic E-state index is -3.06. The molecule has 9 heteroatoms. The Kier molecular flexibility index (Phi) is 5.15. The number of benzene rings is 1. The summed E-state index contributed by atoms with van der Waals surface area (Å²) in [6.45, 7) is 1.79. The fraction of sp³-hybridized carbons (Fsp3) is 0.316. The van der Waals surface area contributed by atoms with Gasteiger partial charge < -0.3 is 5.32 Å². The predicted octanol–water partition coefficient (Wildman–Crippen LogP) is 3.14. The molecule has 1 aliphatic heterocycles. The minimum absolute atomic E-state index is 0.000868. The summed E-state index contributed by atoms with van der Waals surface area (Å²) in [6, 6.07) is 12.1. The number of nitrogens with zero attached hydrogens (tertiary/aromatic N) is 2. The number of carbonyl (C=O) groups is 1. The minimum Gasteiger partial charge on any atom is -0.349 e. The molecule has 6 nitrogen and oxygen atoms in total. The zero-order valence-electron chi connectivity index (χ0n) is 15.2. The Morgan fingerprint density at radius 2 is 2.07 bits per heavy atom. The molecular weight excluding hydrogens is 414 g/mol. The number of aromatic nitrogens is 2. The average molecular weight is 434 g/mol. The highest BCUT2D eigenvalue weighted by molar-refractivity contribution is 8.00. The lowest BCUT2D eigenvalue weighted by molar-refractivity contribution is -0.120. The van der Waals surface area contributed by atoms with E-state index in [0.717, 1.165) is 25.7 Å². The van der Waals surface area contributed by atoms with Crippen molar-refractivity contribution in [2.24, 2.45) is 0 Å². The lowest BCUT2D eigenvalue weighted by Crippen LogP contribution is -2.47. The zero-order chi connectivity index (χ0) is 19.8. The molecule has 0 radical (unpaired) electrons. The van der Waals surface area contributed by atoms with Crippen LogP contribution < -0.4 is 5.32 Å². The van der Waals surface area contributed by atoms with E-state index in [-0.39, 0.29) is 23.2 Å². The van der Waals surface area contributed by atoms with Crippen molar-refractivity contribution >= 4 is 49.1 Å². The number of amides is 1. The number of hydrogen-bond acceptors (Lipinski definition) is 7. The molecule has 3 heterocycles. The van der Waals surface area contributed by atoms with Crippen molar-refractivity contribution in [1.29, 1.82) is 0 Å². The first-order valence-electron chi connectivity index (χ1n) is 8.78. The number of nitrogens with one attached hydrogen (secondary N) is 1. The van der Waals surface area contributed by atoms with E-state index in [9.17, 15) is 13.2 Å². The van der Waals surface area contributed by atoms with Crippen molar-refractivity contribution in [1.82, 2.24) is 15.3 Å². The second-order valence-corrected chi connectivity index (χ2v) is 11.3. The fourth-order valence-electron chi connectivity index (χ4n) is 3.31. The van der Waals surface area contributed by atoms with E-state index in [4.69, 9.17) is 0 Å². The molecule has 0 saturated carbocycles. The highest BCUT2D eigenvalue weighted by Gasteiger charge is 2.39. The van der Waals surface area contributed by atoms with E-state index < -0.39 is 15.4 Å². The Balaban J connectivity index is 1.48. The van der Waals surface area contributed by atoms with Crippen LogP contribution in [0.4, 0.5) is 0 Å². The summed E-state index contributed by atoms with van der Waals surface area (Å²) < 4.78 is 23.4. The highest BCUT2D eigenvalue weighted by atomic mass is 32.2. The molecule has 0 aliphatic carbocycles. The van der Waals surface area contributed by atoms with Crippen LogP contribution in [0.3, 0.4) is 0 Å². The van der Waals surface area contributed by atoms with E-state index in [1.54, 1.807) is 18.3 Å². The number of sulfone groups is 1. The van der Waals surface area contributed by atoms with Crippen molar-refractivity contribution in [2.75, 3.05) is 17.3 Å². The standard InChI is InChI=1S/C19H19N3O3S3/c1-19(7-8-28(24,25)11-19)22-16(23)10-26-17-14-9-15(13-5-3-2-4-6-13)27-18(14)21-12-20-17/h2-6,9,12H,7-8,10-11H2,1H3,(H,22,23). The maximum absolute atomic E-state index is 12.4. The third-order valence-electron chi connectivity index (χ3n) is 4.64. The number of thioether (sulfide) groups is 1. The Hall–Kier alpha value is -1.97. The molecular formula is C19H19N3O3S3. The largest absolute Gasteiger partial charge is 0.349 e. The van der Waals surface area contributed by atoms with E-state index >= 15 is 0 Å². The molecule has 3 aromatic rings. The van der Waals surface area contributed by atoms with Crippen LogP contribution in [-0.4, -0.2) is 47.1 Å². The van der Waals surface area contributed by atoms with Gasteiger partial charge in [-0.2, -0.15) is 0 Å². The van der Waals surface area contributed by atoms with Crippen LogP contribution in [0, 0.1) is 0 Å². The van der Waals surface area contributed by atoms with Crippen LogP contribution in [0.25, 0.3) is 20.7 Å². The normalized spacial score (nSPS) is 21.0. The second-order valence-electron chi connectivity index (χ2n) is 7.11. The first-order valence-corrected chi connectivity index (χ1v) is 12.4. The Labute approximate surface area is 171 Å². The van der Waals surface area contributed by atoms with Gasteiger partial charge in [-0.1, -0.05) is 42.1 Å². The third kappa shape index (κ3) is 4.21. The lowest BCUT2D eigenvalue weighted by atomic mass is 10.0. The predicted molar refractivity (Wildman–Crippen MR) is 113 cm³/mol. The summed E-state index contributed by atoms with van der Waals surface area (Å²) in [6.07, 6.45) is 1.97. The molecule has 0 bridgehead atoms. The number of hydrogen-bond donors (Lipinski definition) is 1. The summed E-state index contributed by atoms with van der Waals surface area (Å²) >= 11 is 2.93. The smallest absolute Gasteiger partial charge is 0.230 e. The molecule has 146 valence electrons. The SMILES string of the molecule is CC1(NC(=O)CSc2ncnc3sc(-c4ccccc4)cc23)CCS(=O)(=O)C1. The van der Waals surface area contributed by atoms with Gasteiger partial charge in [0.25, 0.3) is 0 Å². The third-order valence-corrected chi connectivity index (χ3v) is 8.64. The summed E-state index contributed by atoms with van der Waals surface area (Å²) in [7, 11) is -3.06. The van der Waals surface area contributed by atoms with Gasteiger partial charge in [0, 0.05) is 10.3 Å². The molecule has 1 aliphatic rings. The summed E-state index contributed by atoms with van der Waals surface area (Å²) in [5, 5.41) is 4.56. The number of rotatable bonds is 5. The first-order chi connectivity index (χ1) is 13.3. The van der Waals surface area contributed by atoms with Crippen LogP contribution >= 0.6 is 23.1 Å². The zero-order valence-corrected chi connectivity index (χ0v) is 17.7. The molecule has 1 N–H and O–H groups in total. The van der Waals surface area contributed by atoms with Crippen LogP contribution in [-0.2, 0) is 14.6 Å². The Morgan fingerprint density at radius 3 is 2.79 bits per heavy atom. The molecule has 1 amide bonds. The van der Waals surface area contributed by atoms with E-state index in [1.165, 1.54) is 18.1 Å². The highest BCUT2D eigenvalue weighted by Crippen LogP contribution is 2.36. The maximum atomic E-state index is 12.4. The van der Waals surface area contributed by atoms with Crippen LogP contribution in [0.5, 0.6) is 0 Å². The average Bonchev–Trinajstić information content (AvgIpc) is 3.21. The van der Waals surface area contributed by atoms with Crippen molar-refractivity contribution in [3.05, 3.63) is 42.7 Å². The van der Waals surface area contributed by atoms with Gasteiger partial charge in [-0.05, 0) is 25.0 Å². The van der Waals surface area contributed by atoms with Gasteiger partial charge in [0.2, 0.25) is 5.91 Å². The Bertz CT molecular complexity index is 1130. The molecule has 4 rings (SSSR count). The molecule has 1 aromatic carbocycles. The van der Waals surface area contributed by atoms with E-state index in [1.807, 2.05) is 18.2 Å². The van der Waals surface area contributed by atoms with Gasteiger partial charge in [-0.3, -0.25) is 4.79 Å². The second kappa shape index (κ2) is 7.46. The summed E-state index contributed by atoms with van der Waals surface area (Å²) in [5.74, 6) is 0.118. The quantitative estimate of drug-likeness (QED) is 0.491. The fourth-order valence-corrected chi connectivity index (χ4v) is 7.24. The molecule has 1 atom stereocenters. The summed E-state index contributed by atoms with van der Waals surface area (Å²) in [4.78, 5) is 23.1. The molecule has 2 aromatic heterocycles. The molecule has 1 saturated heterocycles. The van der Waals surface area contributed by atoms with Gasteiger partial charge in [0.1, 0.15) is 16.2 Å². The van der Waals surface area contributed by atoms with Crippen molar-refractivity contribution < 1.29 is 13.2 Å². The number of fused-ring (bicyclic) bond motifs is 1. The van der Waals surface area contributed by atoms with Gasteiger partial charge in [-0.15, -0.1) is 11.3 Å². The van der Waals surface area contributed by atoms with Crippen LogP contribution in [0.2, 0.25) is 0 Å². The van der Waals surface area contributed by atoms with Crippen molar-refractivity contribution in [3.8, 4) is 10.4 Å². The Morgan fingerprint density at radius 1 is 1.29 bits per heavy atom. The topological polar surface area (TPSA) is 89.0 Å². The van der Waals surface area contributed by atoms with E-state index in [2.05, 4.69) is 33.5 Å². The lowest BCUT2D eigenvalue weighted by Gasteiger charge is -2.23. The molecule has 1 unspecified atom stereocenters. The van der Waals surface area contributed by atoms with Crippen molar-refractivity contribution in [3.63, 3.8) is 0 Å². The first kappa shape index (κ1) is 19.4. The van der Waals surface area contributed by atoms with Gasteiger partial charge in [0.15, 0.2) is 9.84 Å². The van der Waals surface area contributed by atoms with Gasteiger partial charge in [-0.25, -0.2) is 18.4 Å². The maximum Gasteiger partial charge on any atom is 0.230 e. The van der Waals surface area contributed by atoms with E-state index in [0.29, 0.717) is 6.42 Å². The van der Waals surface area contributed by atoms with Gasteiger partial charge >= 0.3 is 0 Å². The van der Waals surface area contributed by atoms with Crippen molar-refractivity contribution in [2.45, 2.75) is 23.9 Å².